The Bertz CT molecular complexity index is 719. The quantitative estimate of drug-likeness (QED) is 0.302. The van der Waals surface area contributed by atoms with E-state index >= 15 is 0 Å². The molecule has 146 valence electrons. The van der Waals surface area contributed by atoms with Gasteiger partial charge in [-0.25, -0.2) is 0 Å². The monoisotopic (exact) mass is 390 g/mol. The van der Waals surface area contributed by atoms with Crippen molar-refractivity contribution in [2.75, 3.05) is 38.2 Å². The van der Waals surface area contributed by atoms with Crippen molar-refractivity contribution in [2.24, 2.45) is 10.9 Å². The molecule has 7 nitrogen and oxygen atoms in total. The highest BCUT2D eigenvalue weighted by Crippen LogP contribution is 2.30. The van der Waals surface area contributed by atoms with Crippen LogP contribution in [0.5, 0.6) is 5.75 Å². The Morgan fingerprint density at radius 1 is 1.30 bits per heavy atom. The predicted molar refractivity (Wildman–Crippen MR) is 110 cm³/mol. The molecule has 1 fully saturated rings. The first kappa shape index (κ1) is 21.0. The van der Waals surface area contributed by atoms with Crippen LogP contribution in [0.15, 0.2) is 29.3 Å². The third kappa shape index (κ3) is 5.11. The number of hydrogen-bond acceptors (Lipinski definition) is 6. The minimum absolute atomic E-state index is 0.0423. The van der Waals surface area contributed by atoms with Gasteiger partial charge in [-0.2, -0.15) is 0 Å². The molecule has 27 heavy (non-hydrogen) atoms. The van der Waals surface area contributed by atoms with Crippen LogP contribution in [0.1, 0.15) is 20.3 Å². The van der Waals surface area contributed by atoms with Gasteiger partial charge in [-0.3, -0.25) is 19.5 Å². The second kappa shape index (κ2) is 10.1. The van der Waals surface area contributed by atoms with E-state index in [-0.39, 0.29) is 5.11 Å². The second-order valence-corrected chi connectivity index (χ2v) is 6.44. The summed E-state index contributed by atoms with van der Waals surface area (Å²) in [7, 11) is 1.52. The largest absolute Gasteiger partial charge is 0.495 e. The minimum atomic E-state index is -1.00. The van der Waals surface area contributed by atoms with Gasteiger partial charge in [0.15, 0.2) is 11.0 Å². The highest BCUT2D eigenvalue weighted by molar-refractivity contribution is 7.80. The Hall–Kier alpha value is -2.32. The summed E-state index contributed by atoms with van der Waals surface area (Å²) in [6, 6.07) is 7.03. The Kier molecular flexibility index (Phi) is 7.87. The molecule has 1 saturated heterocycles. The van der Waals surface area contributed by atoms with E-state index in [9.17, 15) is 9.59 Å². The van der Waals surface area contributed by atoms with E-state index in [1.165, 1.54) is 18.2 Å². The number of ether oxygens (including phenoxy) is 1. The number of hydrogen-bond donors (Lipinski definition) is 1. The summed E-state index contributed by atoms with van der Waals surface area (Å²) in [5.41, 5.74) is 0.495. The van der Waals surface area contributed by atoms with Gasteiger partial charge in [-0.1, -0.05) is 26.0 Å². The minimum Gasteiger partial charge on any atom is -0.495 e. The molecule has 1 aliphatic rings. The molecule has 1 aromatic rings. The number of rotatable bonds is 9. The smallest absolute Gasteiger partial charge is 0.251 e. The van der Waals surface area contributed by atoms with Crippen LogP contribution in [0, 0.1) is 5.92 Å². The third-order valence-electron chi connectivity index (χ3n) is 4.44. The molecule has 0 aromatic heterocycles. The lowest BCUT2D eigenvalue weighted by Gasteiger charge is -2.31. The van der Waals surface area contributed by atoms with Crippen LogP contribution in [0.2, 0.25) is 0 Å². The molecule has 1 unspecified atom stereocenters. The molecule has 1 heterocycles. The molecule has 8 heteroatoms. The molecule has 0 radical (unpaired) electrons. The molecule has 0 bridgehead atoms. The molecule has 2 amide bonds. The zero-order valence-corrected chi connectivity index (χ0v) is 16.8. The fourth-order valence-electron chi connectivity index (χ4n) is 2.87. The number of para-hydroxylation sites is 2. The summed E-state index contributed by atoms with van der Waals surface area (Å²) in [6.07, 6.45) is 2.29. The molecule has 1 aromatic carbocycles. The lowest BCUT2D eigenvalue weighted by molar-refractivity contribution is -0.130. The lowest BCUT2D eigenvalue weighted by atomic mass is 10.1. The number of carbonyl (C=O) groups excluding carboxylic acids is 2. The van der Waals surface area contributed by atoms with Crippen LogP contribution in [0.4, 0.5) is 5.69 Å². The van der Waals surface area contributed by atoms with E-state index in [1.807, 2.05) is 0 Å². The van der Waals surface area contributed by atoms with Gasteiger partial charge in [0.1, 0.15) is 5.75 Å². The van der Waals surface area contributed by atoms with Crippen molar-refractivity contribution in [3.05, 3.63) is 24.3 Å². The van der Waals surface area contributed by atoms with Crippen LogP contribution in [0.25, 0.3) is 0 Å². The molecule has 1 N–H and O–H groups in total. The van der Waals surface area contributed by atoms with Crippen LogP contribution in [0.3, 0.4) is 0 Å². The van der Waals surface area contributed by atoms with Crippen LogP contribution >= 0.6 is 12.2 Å². The molecule has 0 spiro atoms. The first-order valence-corrected chi connectivity index (χ1v) is 9.48. The van der Waals surface area contributed by atoms with E-state index in [0.29, 0.717) is 18.0 Å². The molecule has 1 atom stereocenters. The standard InChI is InChI=1S/C19H26N4O3S/c1-4-22(5-2)12-8-11-20-13-14-17(24)21-19(27)23(18(14)25)15-9-6-7-10-16(15)26-3/h6-7,9-10,13-14H,4-5,8,11-12H2,1-3H3,(H,21,24,27). The normalized spacial score (nSPS) is 17.7. The number of nitrogens with zero attached hydrogens (tertiary/aromatic N) is 3. The number of carbonyl (C=O) groups is 2. The molecule has 2 rings (SSSR count). The molecule has 1 aliphatic heterocycles. The van der Waals surface area contributed by atoms with E-state index in [0.717, 1.165) is 26.1 Å². The Morgan fingerprint density at radius 3 is 2.67 bits per heavy atom. The van der Waals surface area contributed by atoms with E-state index in [2.05, 4.69) is 29.1 Å². The van der Waals surface area contributed by atoms with E-state index in [1.54, 1.807) is 24.3 Å². The van der Waals surface area contributed by atoms with Gasteiger partial charge < -0.3 is 15.0 Å². The van der Waals surface area contributed by atoms with Crippen molar-refractivity contribution in [2.45, 2.75) is 20.3 Å². The number of methoxy groups -OCH3 is 1. The van der Waals surface area contributed by atoms with Crippen molar-refractivity contribution in [3.8, 4) is 5.75 Å². The average Bonchev–Trinajstić information content (AvgIpc) is 2.67. The fourth-order valence-corrected chi connectivity index (χ4v) is 3.16. The first-order chi connectivity index (χ1) is 13.0. The SMILES string of the molecule is CCN(CC)CCCN=CC1C(=O)NC(=S)N(c2ccccc2OC)C1=O. The fraction of sp³-hybridized carbons (Fsp3) is 0.474. The average molecular weight is 391 g/mol. The maximum absolute atomic E-state index is 12.9. The summed E-state index contributed by atoms with van der Waals surface area (Å²) in [5, 5.41) is 2.62. The third-order valence-corrected chi connectivity index (χ3v) is 4.72. The zero-order chi connectivity index (χ0) is 19.8. The van der Waals surface area contributed by atoms with Crippen LogP contribution < -0.4 is 15.0 Å². The number of aliphatic imine (C=N–C) groups is 1. The lowest BCUT2D eigenvalue weighted by Crippen LogP contribution is -2.58. The van der Waals surface area contributed by atoms with Gasteiger partial charge in [0.2, 0.25) is 5.91 Å². The predicted octanol–water partition coefficient (Wildman–Crippen LogP) is 1.86. The Morgan fingerprint density at radius 2 is 2.00 bits per heavy atom. The van der Waals surface area contributed by atoms with Gasteiger partial charge in [-0.05, 0) is 50.4 Å². The first-order valence-electron chi connectivity index (χ1n) is 9.07. The van der Waals surface area contributed by atoms with Gasteiger partial charge in [0.05, 0.1) is 12.8 Å². The number of thiocarbonyl (C=S) groups is 1. The number of benzene rings is 1. The molecular weight excluding hydrogens is 364 g/mol. The van der Waals surface area contributed by atoms with Gasteiger partial charge in [-0.15, -0.1) is 0 Å². The zero-order valence-electron chi connectivity index (χ0n) is 16.0. The highest BCUT2D eigenvalue weighted by atomic mass is 32.1. The summed E-state index contributed by atoms with van der Waals surface area (Å²) in [6.45, 7) is 7.73. The maximum atomic E-state index is 12.9. The topological polar surface area (TPSA) is 74.2 Å². The molecule has 0 aliphatic carbocycles. The van der Waals surface area contributed by atoms with Crippen molar-refractivity contribution in [1.29, 1.82) is 0 Å². The number of amides is 2. The van der Waals surface area contributed by atoms with Gasteiger partial charge in [0, 0.05) is 12.8 Å². The van der Waals surface area contributed by atoms with E-state index < -0.39 is 17.7 Å². The van der Waals surface area contributed by atoms with Crippen molar-refractivity contribution < 1.29 is 14.3 Å². The number of anilines is 1. The summed E-state index contributed by atoms with van der Waals surface area (Å²) < 4.78 is 5.31. The van der Waals surface area contributed by atoms with Gasteiger partial charge in [0.25, 0.3) is 5.91 Å². The summed E-state index contributed by atoms with van der Waals surface area (Å²) in [4.78, 5) is 33.0. The maximum Gasteiger partial charge on any atom is 0.251 e. The molecular formula is C19H26N4O3S. The summed E-state index contributed by atoms with van der Waals surface area (Å²) >= 11 is 5.20. The molecule has 0 saturated carbocycles. The van der Waals surface area contributed by atoms with Crippen molar-refractivity contribution >= 4 is 41.0 Å². The second-order valence-electron chi connectivity index (χ2n) is 6.05. The van der Waals surface area contributed by atoms with Crippen molar-refractivity contribution in [3.63, 3.8) is 0 Å². The van der Waals surface area contributed by atoms with E-state index in [4.69, 9.17) is 17.0 Å². The Balaban J connectivity index is 2.09. The Labute approximate surface area is 165 Å². The van der Waals surface area contributed by atoms with Gasteiger partial charge >= 0.3 is 0 Å². The van der Waals surface area contributed by atoms with Crippen LogP contribution in [-0.2, 0) is 9.59 Å². The number of nitrogens with one attached hydrogen (secondary N) is 1. The highest BCUT2D eigenvalue weighted by Gasteiger charge is 2.39. The van der Waals surface area contributed by atoms with Crippen molar-refractivity contribution in [1.82, 2.24) is 10.2 Å². The van der Waals surface area contributed by atoms with Crippen LogP contribution in [-0.4, -0.2) is 61.3 Å². The summed E-state index contributed by atoms with van der Waals surface area (Å²) in [5.74, 6) is -1.39.